The second kappa shape index (κ2) is 8.74. The number of para-hydroxylation sites is 1. The lowest BCUT2D eigenvalue weighted by atomic mass is 9.84. The van der Waals surface area contributed by atoms with Gasteiger partial charge in [-0.1, -0.05) is 30.3 Å². The smallest absolute Gasteiger partial charge is 0.412 e. The Morgan fingerprint density at radius 2 is 1.83 bits per heavy atom. The Bertz CT molecular complexity index is 1280. The summed E-state index contributed by atoms with van der Waals surface area (Å²) < 4.78 is 5.92. The van der Waals surface area contributed by atoms with E-state index >= 15 is 0 Å². The molecule has 2 N–H and O–H groups in total. The summed E-state index contributed by atoms with van der Waals surface area (Å²) in [7, 11) is 0. The molecule has 186 valence electrons. The average molecular weight is 489 g/mol. The van der Waals surface area contributed by atoms with Gasteiger partial charge in [0.05, 0.1) is 5.69 Å². The van der Waals surface area contributed by atoms with Crippen molar-refractivity contribution in [2.45, 2.75) is 56.8 Å². The number of ether oxygens (including phenoxy) is 1. The van der Waals surface area contributed by atoms with Gasteiger partial charge >= 0.3 is 6.09 Å². The van der Waals surface area contributed by atoms with Crippen LogP contribution in [0, 0.1) is 0 Å². The van der Waals surface area contributed by atoms with E-state index in [9.17, 15) is 19.2 Å². The minimum atomic E-state index is -0.634. The molecule has 2 saturated heterocycles. The van der Waals surface area contributed by atoms with Gasteiger partial charge in [0.1, 0.15) is 11.6 Å². The monoisotopic (exact) mass is 488 g/mol. The molecule has 4 aliphatic rings. The molecule has 0 saturated carbocycles. The van der Waals surface area contributed by atoms with Gasteiger partial charge in [-0.15, -0.1) is 0 Å². The molecule has 4 aliphatic heterocycles. The van der Waals surface area contributed by atoms with Crippen molar-refractivity contribution in [1.29, 1.82) is 0 Å². The van der Waals surface area contributed by atoms with E-state index in [2.05, 4.69) is 15.5 Å². The summed E-state index contributed by atoms with van der Waals surface area (Å²) in [5, 5.41) is 5.17. The zero-order chi connectivity index (χ0) is 24.9. The number of piperidine rings is 1. The fourth-order valence-electron chi connectivity index (χ4n) is 6.09. The molecule has 9 nitrogen and oxygen atoms in total. The molecule has 0 aromatic heterocycles. The molecule has 1 spiro atoms. The summed E-state index contributed by atoms with van der Waals surface area (Å²) in [6.45, 7) is 2.63. The minimum absolute atomic E-state index is 0.158. The van der Waals surface area contributed by atoms with Crippen LogP contribution < -0.4 is 10.6 Å². The third-order valence-corrected chi connectivity index (χ3v) is 7.90. The Balaban J connectivity index is 1.20. The lowest BCUT2D eigenvalue weighted by Gasteiger charge is -2.38. The molecule has 0 aliphatic carbocycles. The molecule has 0 radical (unpaired) electrons. The average Bonchev–Trinajstić information content (AvgIpc) is 3.06. The van der Waals surface area contributed by atoms with Crippen molar-refractivity contribution < 1.29 is 23.9 Å². The Kier molecular flexibility index (Phi) is 5.52. The van der Waals surface area contributed by atoms with Crippen molar-refractivity contribution >= 4 is 29.5 Å². The SMILES string of the molecule is O=C1CCC(N2Cc3c(CN4CCCC5(CC4)OC(=O)Nc4ccccc45)cccc3C2=O)C(=O)N1. The lowest BCUT2D eigenvalue weighted by Crippen LogP contribution is -2.52. The van der Waals surface area contributed by atoms with Crippen LogP contribution in [0.5, 0.6) is 0 Å². The van der Waals surface area contributed by atoms with Gasteiger partial charge in [-0.25, -0.2) is 4.79 Å². The van der Waals surface area contributed by atoms with Crippen LogP contribution in [0.1, 0.15) is 59.2 Å². The Morgan fingerprint density at radius 3 is 2.69 bits per heavy atom. The zero-order valence-corrected chi connectivity index (χ0v) is 19.9. The van der Waals surface area contributed by atoms with Crippen LogP contribution in [0.3, 0.4) is 0 Å². The number of amides is 4. The summed E-state index contributed by atoms with van der Waals surface area (Å²) in [4.78, 5) is 53.4. The van der Waals surface area contributed by atoms with Crippen molar-refractivity contribution in [1.82, 2.24) is 15.1 Å². The van der Waals surface area contributed by atoms with Crippen molar-refractivity contribution in [3.63, 3.8) is 0 Å². The van der Waals surface area contributed by atoms with E-state index in [-0.39, 0.29) is 18.2 Å². The second-order valence-electron chi connectivity index (χ2n) is 10.0. The largest absolute Gasteiger partial charge is 0.438 e. The first kappa shape index (κ1) is 22.7. The van der Waals surface area contributed by atoms with E-state index in [1.165, 1.54) is 0 Å². The first-order valence-corrected chi connectivity index (χ1v) is 12.5. The number of anilines is 1. The van der Waals surface area contributed by atoms with Gasteiger partial charge in [0.15, 0.2) is 0 Å². The fourth-order valence-corrected chi connectivity index (χ4v) is 6.09. The van der Waals surface area contributed by atoms with Crippen LogP contribution in [-0.4, -0.2) is 52.7 Å². The Hall–Kier alpha value is -3.72. The van der Waals surface area contributed by atoms with Crippen molar-refractivity contribution in [2.24, 2.45) is 0 Å². The molecular weight excluding hydrogens is 460 g/mol. The number of fused-ring (bicyclic) bond motifs is 3. The van der Waals surface area contributed by atoms with E-state index in [1.54, 1.807) is 4.90 Å². The van der Waals surface area contributed by atoms with E-state index in [0.29, 0.717) is 31.5 Å². The zero-order valence-electron chi connectivity index (χ0n) is 19.9. The number of nitrogens with zero attached hydrogens (tertiary/aromatic N) is 2. The molecule has 4 amide bonds. The number of likely N-dealkylation sites (tertiary alicyclic amines) is 1. The topological polar surface area (TPSA) is 108 Å². The fraction of sp³-hybridized carbons (Fsp3) is 0.407. The maximum absolute atomic E-state index is 13.2. The maximum Gasteiger partial charge on any atom is 0.412 e. The quantitative estimate of drug-likeness (QED) is 0.644. The van der Waals surface area contributed by atoms with E-state index < -0.39 is 23.6 Å². The summed E-state index contributed by atoms with van der Waals surface area (Å²) in [6.07, 6.45) is 2.49. The van der Waals surface area contributed by atoms with Crippen molar-refractivity contribution in [2.75, 3.05) is 18.4 Å². The predicted molar refractivity (Wildman–Crippen MR) is 130 cm³/mol. The molecule has 9 heteroatoms. The highest BCUT2D eigenvalue weighted by molar-refractivity contribution is 6.05. The molecule has 4 heterocycles. The molecule has 2 aromatic rings. The predicted octanol–water partition coefficient (Wildman–Crippen LogP) is 2.89. The standard InChI is InChI=1S/C27H28N4O5/c32-23-10-9-22(24(33)29-23)31-16-19-17(5-3-6-18(19)25(31)34)15-30-13-4-11-27(12-14-30)20-7-1-2-8-21(20)28-26(35)36-27/h1-3,5-8,22H,4,9-16H2,(H,28,35)(H,29,32,33). The van der Waals surface area contributed by atoms with E-state index in [0.717, 1.165) is 48.3 Å². The minimum Gasteiger partial charge on any atom is -0.438 e. The lowest BCUT2D eigenvalue weighted by molar-refractivity contribution is -0.136. The van der Waals surface area contributed by atoms with Crippen LogP contribution >= 0.6 is 0 Å². The molecule has 2 unspecified atom stereocenters. The van der Waals surface area contributed by atoms with Gasteiger partial charge in [0, 0.05) is 43.6 Å². The highest BCUT2D eigenvalue weighted by Crippen LogP contribution is 2.43. The molecule has 2 fully saturated rings. The van der Waals surface area contributed by atoms with Crippen LogP contribution in [0.2, 0.25) is 0 Å². The first-order chi connectivity index (χ1) is 17.4. The number of hydrogen-bond acceptors (Lipinski definition) is 6. The second-order valence-corrected chi connectivity index (χ2v) is 10.0. The van der Waals surface area contributed by atoms with Gasteiger partial charge in [-0.3, -0.25) is 29.9 Å². The van der Waals surface area contributed by atoms with E-state index in [1.807, 2.05) is 42.5 Å². The molecule has 2 aromatic carbocycles. The van der Waals surface area contributed by atoms with E-state index in [4.69, 9.17) is 4.74 Å². The molecule has 0 bridgehead atoms. The molecule has 6 rings (SSSR count). The third kappa shape index (κ3) is 3.83. The van der Waals surface area contributed by atoms with Crippen molar-refractivity contribution in [3.05, 3.63) is 64.7 Å². The molecule has 36 heavy (non-hydrogen) atoms. The van der Waals surface area contributed by atoms with Gasteiger partial charge < -0.3 is 9.64 Å². The highest BCUT2D eigenvalue weighted by atomic mass is 16.6. The summed E-state index contributed by atoms with van der Waals surface area (Å²) >= 11 is 0. The number of carbonyl (C=O) groups excluding carboxylic acids is 4. The van der Waals surface area contributed by atoms with Crippen LogP contribution in [0.4, 0.5) is 10.5 Å². The molecule has 2 atom stereocenters. The number of imide groups is 1. The summed E-state index contributed by atoms with van der Waals surface area (Å²) in [5.41, 5.74) is 3.85. The highest BCUT2D eigenvalue weighted by Gasteiger charge is 2.43. The third-order valence-electron chi connectivity index (χ3n) is 7.90. The number of rotatable bonds is 3. The van der Waals surface area contributed by atoms with Crippen LogP contribution in [-0.2, 0) is 33.0 Å². The Morgan fingerprint density at radius 1 is 0.972 bits per heavy atom. The number of benzene rings is 2. The number of carbonyl (C=O) groups is 4. The number of nitrogens with one attached hydrogen (secondary N) is 2. The van der Waals surface area contributed by atoms with Gasteiger partial charge in [-0.2, -0.15) is 0 Å². The van der Waals surface area contributed by atoms with Gasteiger partial charge in [0.2, 0.25) is 11.8 Å². The summed E-state index contributed by atoms with van der Waals surface area (Å²) in [6, 6.07) is 13.0. The van der Waals surface area contributed by atoms with Gasteiger partial charge in [0.25, 0.3) is 5.91 Å². The maximum atomic E-state index is 13.2. The Labute approximate surface area is 208 Å². The normalized spacial score (nSPS) is 26.1. The van der Waals surface area contributed by atoms with Crippen LogP contribution in [0.25, 0.3) is 0 Å². The van der Waals surface area contributed by atoms with Gasteiger partial charge in [-0.05, 0) is 49.1 Å². The molecular formula is C27H28N4O5. The number of hydrogen-bond donors (Lipinski definition) is 2. The van der Waals surface area contributed by atoms with Crippen molar-refractivity contribution in [3.8, 4) is 0 Å². The van der Waals surface area contributed by atoms with Crippen LogP contribution in [0.15, 0.2) is 42.5 Å². The first-order valence-electron chi connectivity index (χ1n) is 12.5. The summed E-state index contributed by atoms with van der Waals surface area (Å²) in [5.74, 6) is -0.847.